The van der Waals surface area contributed by atoms with Crippen LogP contribution in [-0.4, -0.2) is 17.5 Å². The van der Waals surface area contributed by atoms with Gasteiger partial charge in [0.1, 0.15) is 0 Å². The van der Waals surface area contributed by atoms with Gasteiger partial charge in [0.05, 0.1) is 6.54 Å². The molecule has 82 valence electrons. The van der Waals surface area contributed by atoms with Crippen molar-refractivity contribution in [2.75, 3.05) is 12.3 Å². The van der Waals surface area contributed by atoms with Crippen LogP contribution in [0.25, 0.3) is 0 Å². The zero-order valence-electron chi connectivity index (χ0n) is 9.12. The SMILES string of the molecule is Cc1ccsc1CNC1=NCC(C)CS1. The standard InChI is InChI=1S/C11H16N2S2/c1-8-5-12-11(15-7-8)13-6-10-9(2)3-4-14-10/h3-4,8H,5-7H2,1-2H3,(H,12,13). The van der Waals surface area contributed by atoms with Crippen molar-refractivity contribution >= 4 is 28.3 Å². The molecule has 0 fully saturated rings. The second kappa shape index (κ2) is 5.03. The third-order valence-electron chi connectivity index (χ3n) is 2.42. The molecule has 0 spiro atoms. The van der Waals surface area contributed by atoms with E-state index in [2.05, 4.69) is 35.6 Å². The second-order valence-electron chi connectivity index (χ2n) is 3.94. The summed E-state index contributed by atoms with van der Waals surface area (Å²) in [5.74, 6) is 1.92. The fourth-order valence-electron chi connectivity index (χ4n) is 1.41. The predicted molar refractivity (Wildman–Crippen MR) is 69.8 cm³/mol. The number of thioether (sulfide) groups is 1. The molecular weight excluding hydrogens is 224 g/mol. The highest BCUT2D eigenvalue weighted by atomic mass is 32.2. The van der Waals surface area contributed by atoms with E-state index in [4.69, 9.17) is 0 Å². The average Bonchev–Trinajstić information content (AvgIpc) is 2.63. The van der Waals surface area contributed by atoms with Crippen LogP contribution in [0.3, 0.4) is 0 Å². The lowest BCUT2D eigenvalue weighted by Crippen LogP contribution is -2.25. The number of aliphatic imine (C=N–C) groups is 1. The number of aryl methyl sites for hydroxylation is 1. The quantitative estimate of drug-likeness (QED) is 0.859. The minimum atomic E-state index is 0.726. The van der Waals surface area contributed by atoms with Gasteiger partial charge in [-0.1, -0.05) is 18.7 Å². The molecule has 0 radical (unpaired) electrons. The number of hydrogen-bond donors (Lipinski definition) is 1. The zero-order chi connectivity index (χ0) is 10.7. The van der Waals surface area contributed by atoms with Crippen LogP contribution in [0.4, 0.5) is 0 Å². The largest absolute Gasteiger partial charge is 0.360 e. The normalized spacial score (nSPS) is 21.2. The highest BCUT2D eigenvalue weighted by molar-refractivity contribution is 8.13. The van der Waals surface area contributed by atoms with Gasteiger partial charge < -0.3 is 5.32 Å². The Hall–Kier alpha value is -0.480. The van der Waals surface area contributed by atoms with Gasteiger partial charge in [0.15, 0.2) is 5.17 Å². The van der Waals surface area contributed by atoms with Crippen molar-refractivity contribution in [2.24, 2.45) is 10.9 Å². The smallest absolute Gasteiger partial charge is 0.156 e. The lowest BCUT2D eigenvalue weighted by molar-refractivity contribution is 0.669. The van der Waals surface area contributed by atoms with Crippen molar-refractivity contribution in [2.45, 2.75) is 20.4 Å². The topological polar surface area (TPSA) is 24.4 Å². The Kier molecular flexibility index (Phi) is 3.70. The van der Waals surface area contributed by atoms with Crippen LogP contribution in [0.5, 0.6) is 0 Å². The maximum atomic E-state index is 4.51. The van der Waals surface area contributed by atoms with Crippen molar-refractivity contribution in [3.05, 3.63) is 21.9 Å². The molecule has 2 heterocycles. The summed E-state index contributed by atoms with van der Waals surface area (Å²) in [4.78, 5) is 5.93. The fourth-order valence-corrected chi connectivity index (χ4v) is 3.14. The number of amidine groups is 1. The number of nitrogens with zero attached hydrogens (tertiary/aromatic N) is 1. The van der Waals surface area contributed by atoms with Gasteiger partial charge in [-0.15, -0.1) is 11.3 Å². The molecule has 0 saturated heterocycles. The second-order valence-corrected chi connectivity index (χ2v) is 5.95. The van der Waals surface area contributed by atoms with Crippen LogP contribution in [0.1, 0.15) is 17.4 Å². The summed E-state index contributed by atoms with van der Waals surface area (Å²) in [7, 11) is 0. The van der Waals surface area contributed by atoms with Gasteiger partial charge in [-0.25, -0.2) is 0 Å². The van der Waals surface area contributed by atoms with Crippen molar-refractivity contribution in [1.82, 2.24) is 5.32 Å². The fraction of sp³-hybridized carbons (Fsp3) is 0.545. The van der Waals surface area contributed by atoms with E-state index in [1.807, 2.05) is 23.1 Å². The first kappa shape index (κ1) is 11.0. The lowest BCUT2D eigenvalue weighted by atomic mass is 10.2. The highest BCUT2D eigenvalue weighted by Gasteiger charge is 2.11. The Morgan fingerprint density at radius 1 is 1.60 bits per heavy atom. The van der Waals surface area contributed by atoms with Crippen molar-refractivity contribution in [1.29, 1.82) is 0 Å². The molecule has 0 bridgehead atoms. The summed E-state index contributed by atoms with van der Waals surface area (Å²) in [5, 5.41) is 6.66. The molecule has 1 N–H and O–H groups in total. The molecule has 1 aliphatic rings. The summed E-state index contributed by atoms with van der Waals surface area (Å²) in [6.07, 6.45) is 0. The molecule has 2 nitrogen and oxygen atoms in total. The minimum absolute atomic E-state index is 0.726. The molecule has 1 atom stereocenters. The first-order valence-corrected chi connectivity index (χ1v) is 7.06. The Balaban J connectivity index is 1.86. The van der Waals surface area contributed by atoms with Crippen LogP contribution in [0.2, 0.25) is 0 Å². The van der Waals surface area contributed by atoms with E-state index in [1.54, 1.807) is 0 Å². The van der Waals surface area contributed by atoms with Gasteiger partial charge in [0.25, 0.3) is 0 Å². The summed E-state index contributed by atoms with van der Waals surface area (Å²) in [6, 6.07) is 2.17. The number of rotatable bonds is 2. The van der Waals surface area contributed by atoms with Crippen LogP contribution >= 0.6 is 23.1 Å². The number of thiophene rings is 1. The maximum Gasteiger partial charge on any atom is 0.156 e. The molecule has 2 rings (SSSR count). The Bertz CT molecular complexity index is 357. The third kappa shape index (κ3) is 2.98. The van der Waals surface area contributed by atoms with E-state index in [0.29, 0.717) is 0 Å². The van der Waals surface area contributed by atoms with Crippen LogP contribution < -0.4 is 5.32 Å². The van der Waals surface area contributed by atoms with E-state index in [0.717, 1.165) is 24.2 Å². The average molecular weight is 240 g/mol. The molecular formula is C11H16N2S2. The van der Waals surface area contributed by atoms with Gasteiger partial charge in [0, 0.05) is 17.2 Å². The lowest BCUT2D eigenvalue weighted by Gasteiger charge is -2.17. The van der Waals surface area contributed by atoms with E-state index in [9.17, 15) is 0 Å². The monoisotopic (exact) mass is 240 g/mol. The van der Waals surface area contributed by atoms with Gasteiger partial charge in [-0.05, 0) is 29.9 Å². The van der Waals surface area contributed by atoms with Crippen molar-refractivity contribution in [3.63, 3.8) is 0 Å². The molecule has 1 unspecified atom stereocenters. The van der Waals surface area contributed by atoms with Gasteiger partial charge >= 0.3 is 0 Å². The van der Waals surface area contributed by atoms with E-state index < -0.39 is 0 Å². The number of nitrogens with one attached hydrogen (secondary N) is 1. The van der Waals surface area contributed by atoms with Gasteiger partial charge in [-0.3, -0.25) is 4.99 Å². The maximum absolute atomic E-state index is 4.51. The van der Waals surface area contributed by atoms with E-state index in [1.165, 1.54) is 16.2 Å². The van der Waals surface area contributed by atoms with Gasteiger partial charge in [0.2, 0.25) is 0 Å². The molecule has 0 amide bonds. The molecule has 0 aromatic carbocycles. The van der Waals surface area contributed by atoms with E-state index in [-0.39, 0.29) is 0 Å². The summed E-state index contributed by atoms with van der Waals surface area (Å²) in [6.45, 7) is 6.30. The Morgan fingerprint density at radius 3 is 3.07 bits per heavy atom. The summed E-state index contributed by atoms with van der Waals surface area (Å²) >= 11 is 3.65. The van der Waals surface area contributed by atoms with Crippen molar-refractivity contribution in [3.8, 4) is 0 Å². The highest BCUT2D eigenvalue weighted by Crippen LogP contribution is 2.18. The predicted octanol–water partition coefficient (Wildman–Crippen LogP) is 2.89. The summed E-state index contributed by atoms with van der Waals surface area (Å²) in [5.41, 5.74) is 1.38. The van der Waals surface area contributed by atoms with Crippen LogP contribution in [0, 0.1) is 12.8 Å². The minimum Gasteiger partial charge on any atom is -0.360 e. The summed E-state index contributed by atoms with van der Waals surface area (Å²) < 4.78 is 0. The molecule has 15 heavy (non-hydrogen) atoms. The molecule has 4 heteroatoms. The third-order valence-corrected chi connectivity index (χ3v) is 4.73. The molecule has 1 aromatic heterocycles. The van der Waals surface area contributed by atoms with E-state index >= 15 is 0 Å². The molecule has 0 aliphatic carbocycles. The molecule has 1 aromatic rings. The van der Waals surface area contributed by atoms with Gasteiger partial charge in [-0.2, -0.15) is 0 Å². The first-order valence-electron chi connectivity index (χ1n) is 5.20. The first-order chi connectivity index (χ1) is 7.25. The van der Waals surface area contributed by atoms with Crippen LogP contribution in [0.15, 0.2) is 16.4 Å². The van der Waals surface area contributed by atoms with Crippen LogP contribution in [-0.2, 0) is 6.54 Å². The number of hydrogen-bond acceptors (Lipinski definition) is 4. The zero-order valence-corrected chi connectivity index (χ0v) is 10.8. The van der Waals surface area contributed by atoms with Crippen molar-refractivity contribution < 1.29 is 0 Å². The Morgan fingerprint density at radius 2 is 2.47 bits per heavy atom. The molecule has 0 saturated carbocycles. The Labute approximate surface area is 99.2 Å². The molecule has 1 aliphatic heterocycles.